The molecule has 1 aliphatic rings. The van der Waals surface area contributed by atoms with Crippen LogP contribution >= 0.6 is 0 Å². The zero-order valence-corrected chi connectivity index (χ0v) is 8.33. The van der Waals surface area contributed by atoms with Crippen LogP contribution in [0.25, 0.3) is 0 Å². The number of ether oxygens (including phenoxy) is 2. The molecule has 2 heteroatoms. The highest BCUT2D eigenvalue weighted by molar-refractivity contribution is 5.01. The monoisotopic (exact) mass is 170 g/mol. The first kappa shape index (κ1) is 9.75. The smallest absolute Gasteiger partial charge is 0.161 e. The van der Waals surface area contributed by atoms with Gasteiger partial charge >= 0.3 is 0 Å². The number of rotatable bonds is 2. The Bertz CT molecular complexity index is 177. The Morgan fingerprint density at radius 1 is 1.50 bits per heavy atom. The van der Waals surface area contributed by atoms with Crippen LogP contribution in [0.15, 0.2) is 12.7 Å². The molecule has 0 unspecified atom stereocenters. The molecule has 0 amide bonds. The topological polar surface area (TPSA) is 18.5 Å². The Kier molecular flexibility index (Phi) is 2.59. The highest BCUT2D eigenvalue weighted by Gasteiger charge is 2.42. The quantitative estimate of drug-likeness (QED) is 0.592. The first-order valence-electron chi connectivity index (χ1n) is 4.46. The van der Waals surface area contributed by atoms with Crippen molar-refractivity contribution >= 4 is 0 Å². The fourth-order valence-electron chi connectivity index (χ4n) is 1.22. The lowest BCUT2D eigenvalue weighted by Gasteiger charge is -2.21. The molecule has 1 saturated heterocycles. The lowest BCUT2D eigenvalue weighted by molar-refractivity contribution is -0.102. The van der Waals surface area contributed by atoms with E-state index in [1.807, 2.05) is 19.9 Å². The van der Waals surface area contributed by atoms with E-state index >= 15 is 0 Å². The molecule has 0 aliphatic carbocycles. The van der Waals surface area contributed by atoms with Gasteiger partial charge in [-0.05, 0) is 13.8 Å². The van der Waals surface area contributed by atoms with Crippen LogP contribution < -0.4 is 0 Å². The molecular weight excluding hydrogens is 152 g/mol. The van der Waals surface area contributed by atoms with E-state index in [1.165, 1.54) is 0 Å². The second kappa shape index (κ2) is 3.19. The molecule has 2 nitrogen and oxygen atoms in total. The van der Waals surface area contributed by atoms with Gasteiger partial charge in [0.1, 0.15) is 5.60 Å². The van der Waals surface area contributed by atoms with Crippen molar-refractivity contribution < 1.29 is 9.47 Å². The van der Waals surface area contributed by atoms with Gasteiger partial charge in [-0.15, -0.1) is 6.58 Å². The van der Waals surface area contributed by atoms with Crippen molar-refractivity contribution in [3.05, 3.63) is 12.7 Å². The minimum atomic E-state index is -0.311. The van der Waals surface area contributed by atoms with Gasteiger partial charge in [0.2, 0.25) is 0 Å². The summed E-state index contributed by atoms with van der Waals surface area (Å²) in [6.07, 6.45) is 1.84. The third-order valence-electron chi connectivity index (χ3n) is 2.47. The van der Waals surface area contributed by atoms with Crippen LogP contribution in [0.3, 0.4) is 0 Å². The van der Waals surface area contributed by atoms with E-state index in [2.05, 4.69) is 20.4 Å². The number of hydrogen-bond acceptors (Lipinski definition) is 2. The molecule has 1 heterocycles. The van der Waals surface area contributed by atoms with E-state index in [0.29, 0.717) is 5.92 Å². The van der Waals surface area contributed by atoms with Crippen LogP contribution in [0.4, 0.5) is 0 Å². The van der Waals surface area contributed by atoms with E-state index in [1.54, 1.807) is 0 Å². The van der Waals surface area contributed by atoms with Crippen molar-refractivity contribution in [2.75, 3.05) is 0 Å². The summed E-state index contributed by atoms with van der Waals surface area (Å²) >= 11 is 0. The lowest BCUT2D eigenvalue weighted by Crippen LogP contribution is -2.31. The summed E-state index contributed by atoms with van der Waals surface area (Å²) < 4.78 is 11.4. The molecule has 3 atom stereocenters. The van der Waals surface area contributed by atoms with Crippen molar-refractivity contribution in [1.29, 1.82) is 0 Å². The Hall–Kier alpha value is -0.340. The summed E-state index contributed by atoms with van der Waals surface area (Å²) in [6.45, 7) is 12.0. The molecule has 0 radical (unpaired) electrons. The van der Waals surface area contributed by atoms with Gasteiger partial charge in [0.05, 0.1) is 6.10 Å². The molecule has 0 aromatic carbocycles. The van der Waals surface area contributed by atoms with E-state index in [9.17, 15) is 0 Å². The summed E-state index contributed by atoms with van der Waals surface area (Å²) in [5, 5.41) is 0. The Balaban J connectivity index is 2.68. The van der Waals surface area contributed by atoms with Crippen LogP contribution in [-0.4, -0.2) is 18.0 Å². The molecule has 1 rings (SSSR count). The zero-order valence-electron chi connectivity index (χ0n) is 8.33. The molecule has 70 valence electrons. The van der Waals surface area contributed by atoms with Gasteiger partial charge in [-0.3, -0.25) is 0 Å². The summed E-state index contributed by atoms with van der Waals surface area (Å²) in [4.78, 5) is 0. The second-order valence-electron chi connectivity index (χ2n) is 3.90. The average molecular weight is 170 g/mol. The molecule has 0 aromatic rings. The third-order valence-corrected chi connectivity index (χ3v) is 2.47. The van der Waals surface area contributed by atoms with Gasteiger partial charge in [0.15, 0.2) is 6.29 Å². The fraction of sp³-hybridized carbons (Fsp3) is 0.800. The molecule has 0 saturated carbocycles. The summed E-state index contributed by atoms with van der Waals surface area (Å²) in [5.74, 6) is 0.397. The van der Waals surface area contributed by atoms with Gasteiger partial charge in [0, 0.05) is 5.92 Å². The van der Waals surface area contributed by atoms with Crippen LogP contribution in [0, 0.1) is 5.92 Å². The van der Waals surface area contributed by atoms with Crippen molar-refractivity contribution in [1.82, 2.24) is 0 Å². The maximum atomic E-state index is 5.73. The second-order valence-corrected chi connectivity index (χ2v) is 3.90. The molecular formula is C10H18O2. The van der Waals surface area contributed by atoms with Gasteiger partial charge in [0.25, 0.3) is 0 Å². The molecule has 0 aromatic heterocycles. The zero-order chi connectivity index (χ0) is 9.35. The highest BCUT2D eigenvalue weighted by atomic mass is 16.7. The van der Waals surface area contributed by atoms with Crippen LogP contribution in [-0.2, 0) is 9.47 Å². The predicted octanol–water partition coefficient (Wildman–Crippen LogP) is 2.35. The first-order chi connectivity index (χ1) is 5.49. The maximum absolute atomic E-state index is 5.73. The molecule has 12 heavy (non-hydrogen) atoms. The predicted molar refractivity (Wildman–Crippen MR) is 48.9 cm³/mol. The van der Waals surface area contributed by atoms with E-state index in [4.69, 9.17) is 9.47 Å². The van der Waals surface area contributed by atoms with E-state index in [0.717, 1.165) is 0 Å². The minimum absolute atomic E-state index is 0.0806. The standard InChI is InChI=1S/C10H18O2/c1-6-10(5)8(4)11-9(12-10)7(2)3/h6-9H,1H2,2-5H3/t8-,9-,10+/m1/s1. The third kappa shape index (κ3) is 1.54. The summed E-state index contributed by atoms with van der Waals surface area (Å²) in [6, 6.07) is 0. The number of hydrogen-bond donors (Lipinski definition) is 0. The van der Waals surface area contributed by atoms with E-state index in [-0.39, 0.29) is 18.0 Å². The van der Waals surface area contributed by atoms with Gasteiger partial charge < -0.3 is 9.47 Å². The SMILES string of the molecule is C=C[C@]1(C)O[C@H](C(C)C)O[C@@H]1C. The van der Waals surface area contributed by atoms with E-state index < -0.39 is 0 Å². The first-order valence-corrected chi connectivity index (χ1v) is 4.46. The van der Waals surface area contributed by atoms with Crippen molar-refractivity contribution in [3.63, 3.8) is 0 Å². The molecule has 1 aliphatic heterocycles. The van der Waals surface area contributed by atoms with Gasteiger partial charge in [-0.25, -0.2) is 0 Å². The minimum Gasteiger partial charge on any atom is -0.346 e. The molecule has 0 spiro atoms. The largest absolute Gasteiger partial charge is 0.346 e. The highest BCUT2D eigenvalue weighted by Crippen LogP contribution is 2.33. The Labute approximate surface area is 74.6 Å². The van der Waals surface area contributed by atoms with Crippen molar-refractivity contribution in [2.24, 2.45) is 5.92 Å². The average Bonchev–Trinajstić information content (AvgIpc) is 2.30. The Morgan fingerprint density at radius 2 is 2.08 bits per heavy atom. The van der Waals surface area contributed by atoms with Gasteiger partial charge in [-0.1, -0.05) is 19.9 Å². The lowest BCUT2D eigenvalue weighted by atomic mass is 10.0. The van der Waals surface area contributed by atoms with Crippen molar-refractivity contribution in [3.8, 4) is 0 Å². The molecule has 1 fully saturated rings. The van der Waals surface area contributed by atoms with Crippen LogP contribution in [0.2, 0.25) is 0 Å². The molecule has 0 bridgehead atoms. The molecule has 0 N–H and O–H groups in total. The maximum Gasteiger partial charge on any atom is 0.161 e. The van der Waals surface area contributed by atoms with Crippen LogP contribution in [0.5, 0.6) is 0 Å². The summed E-state index contributed by atoms with van der Waals surface area (Å²) in [5.41, 5.74) is -0.311. The van der Waals surface area contributed by atoms with Crippen LogP contribution in [0.1, 0.15) is 27.7 Å². The fourth-order valence-corrected chi connectivity index (χ4v) is 1.22. The van der Waals surface area contributed by atoms with Gasteiger partial charge in [-0.2, -0.15) is 0 Å². The Morgan fingerprint density at radius 3 is 2.33 bits per heavy atom. The van der Waals surface area contributed by atoms with Crippen molar-refractivity contribution in [2.45, 2.75) is 45.7 Å². The summed E-state index contributed by atoms with van der Waals surface area (Å²) in [7, 11) is 0. The normalized spacial score (nSPS) is 42.1.